The maximum atomic E-state index is 13.0. The molecule has 4 nitrogen and oxygen atoms in total. The average Bonchev–Trinajstić information content (AvgIpc) is 2.85. The molecule has 2 heterocycles. The maximum absolute atomic E-state index is 13.0. The Morgan fingerprint density at radius 1 is 1.15 bits per heavy atom. The van der Waals surface area contributed by atoms with Gasteiger partial charge in [0.15, 0.2) is 0 Å². The van der Waals surface area contributed by atoms with Crippen LogP contribution in [0.3, 0.4) is 0 Å². The number of pyridine rings is 1. The number of carbonyl (C=O) groups is 1. The van der Waals surface area contributed by atoms with E-state index in [1.165, 1.54) is 0 Å². The van der Waals surface area contributed by atoms with Gasteiger partial charge >= 0.3 is 0 Å². The molecular weight excluding hydrogens is 392 g/mol. The number of nitrogens with zero attached hydrogens (tertiary/aromatic N) is 1. The van der Waals surface area contributed by atoms with Gasteiger partial charge in [0, 0.05) is 27.8 Å². The van der Waals surface area contributed by atoms with Gasteiger partial charge in [0.2, 0.25) is 5.43 Å². The first-order valence-corrected chi connectivity index (χ1v) is 9.39. The van der Waals surface area contributed by atoms with Crippen LogP contribution in [-0.2, 0) is 6.42 Å². The molecule has 1 aliphatic rings. The van der Waals surface area contributed by atoms with Crippen LogP contribution in [0, 0.1) is 13.8 Å². The SMILES string of the molecule is Cc1cc(C)cc(NC(=O)c2cn3c4c(cc(Br)cc4c2=O)CC3C)c1. The molecule has 0 radical (unpaired) electrons. The average molecular weight is 411 g/mol. The maximum Gasteiger partial charge on any atom is 0.261 e. The van der Waals surface area contributed by atoms with Gasteiger partial charge in [-0.1, -0.05) is 22.0 Å². The van der Waals surface area contributed by atoms with Crippen LogP contribution in [0.25, 0.3) is 10.9 Å². The van der Waals surface area contributed by atoms with Crippen LogP contribution in [0.1, 0.15) is 40.0 Å². The van der Waals surface area contributed by atoms with Crippen molar-refractivity contribution in [3.63, 3.8) is 0 Å². The van der Waals surface area contributed by atoms with Gasteiger partial charge in [-0.2, -0.15) is 0 Å². The Balaban J connectivity index is 1.84. The van der Waals surface area contributed by atoms with Crippen LogP contribution in [-0.4, -0.2) is 10.5 Å². The van der Waals surface area contributed by atoms with Crippen molar-refractivity contribution in [3.05, 3.63) is 73.5 Å². The summed E-state index contributed by atoms with van der Waals surface area (Å²) in [7, 11) is 0. The Labute approximate surface area is 160 Å². The molecule has 0 aliphatic carbocycles. The lowest BCUT2D eigenvalue weighted by Crippen LogP contribution is -2.24. The standard InChI is InChI=1S/C21H19BrN2O2/c1-11-4-12(2)6-16(5-11)23-21(26)18-10-24-13(3)7-14-8-15(22)9-17(19(14)24)20(18)25/h4-6,8-10,13H,7H2,1-3H3,(H,23,26). The summed E-state index contributed by atoms with van der Waals surface area (Å²) in [6.07, 6.45) is 2.56. The van der Waals surface area contributed by atoms with Gasteiger partial charge in [0.05, 0.1) is 5.52 Å². The van der Waals surface area contributed by atoms with Gasteiger partial charge in [0.1, 0.15) is 5.56 Å². The smallest absolute Gasteiger partial charge is 0.261 e. The molecule has 1 N–H and O–H groups in total. The summed E-state index contributed by atoms with van der Waals surface area (Å²) in [5.41, 5.74) is 4.86. The normalized spacial score (nSPS) is 15.5. The highest BCUT2D eigenvalue weighted by molar-refractivity contribution is 9.10. The summed E-state index contributed by atoms with van der Waals surface area (Å²) in [6.45, 7) is 6.06. The fraction of sp³-hybridized carbons (Fsp3) is 0.238. The second-order valence-electron chi connectivity index (χ2n) is 7.12. The van der Waals surface area contributed by atoms with Crippen molar-refractivity contribution in [1.29, 1.82) is 0 Å². The molecule has 0 bridgehead atoms. The van der Waals surface area contributed by atoms with E-state index in [4.69, 9.17) is 0 Å². The minimum Gasteiger partial charge on any atom is -0.343 e. The third-order valence-corrected chi connectivity index (χ3v) is 5.34. The predicted molar refractivity (Wildman–Crippen MR) is 108 cm³/mol. The summed E-state index contributed by atoms with van der Waals surface area (Å²) in [4.78, 5) is 25.8. The number of rotatable bonds is 2. The summed E-state index contributed by atoms with van der Waals surface area (Å²) in [5, 5.41) is 3.47. The van der Waals surface area contributed by atoms with Crippen molar-refractivity contribution in [2.45, 2.75) is 33.2 Å². The fourth-order valence-electron chi connectivity index (χ4n) is 3.87. The first kappa shape index (κ1) is 17.0. The topological polar surface area (TPSA) is 51.1 Å². The highest BCUT2D eigenvalue weighted by Crippen LogP contribution is 2.33. The summed E-state index contributed by atoms with van der Waals surface area (Å²) in [5.74, 6) is -0.369. The quantitative estimate of drug-likeness (QED) is 0.662. The lowest BCUT2D eigenvalue weighted by atomic mass is 10.1. The van der Waals surface area contributed by atoms with E-state index >= 15 is 0 Å². The number of aryl methyl sites for hydroxylation is 2. The van der Waals surface area contributed by atoms with Crippen LogP contribution in [0.4, 0.5) is 5.69 Å². The Morgan fingerprint density at radius 2 is 1.85 bits per heavy atom. The zero-order chi connectivity index (χ0) is 18.6. The largest absolute Gasteiger partial charge is 0.343 e. The number of halogens is 1. The predicted octanol–water partition coefficient (Wildman–Crippen LogP) is 4.75. The van der Waals surface area contributed by atoms with Gasteiger partial charge in [-0.15, -0.1) is 0 Å². The second-order valence-corrected chi connectivity index (χ2v) is 8.04. The summed E-state index contributed by atoms with van der Waals surface area (Å²) < 4.78 is 2.92. The van der Waals surface area contributed by atoms with Crippen molar-refractivity contribution < 1.29 is 4.79 Å². The van der Waals surface area contributed by atoms with E-state index < -0.39 is 0 Å². The van der Waals surface area contributed by atoms with Crippen molar-refractivity contribution in [1.82, 2.24) is 4.57 Å². The minimum atomic E-state index is -0.369. The molecule has 4 rings (SSSR count). The van der Waals surface area contributed by atoms with Gasteiger partial charge in [-0.05, 0) is 68.1 Å². The molecule has 0 fully saturated rings. The number of anilines is 1. The van der Waals surface area contributed by atoms with Crippen molar-refractivity contribution in [2.24, 2.45) is 0 Å². The van der Waals surface area contributed by atoms with Gasteiger partial charge in [-0.3, -0.25) is 9.59 Å². The number of carbonyl (C=O) groups excluding carboxylic acids is 1. The van der Waals surface area contributed by atoms with E-state index in [0.29, 0.717) is 11.1 Å². The van der Waals surface area contributed by atoms with Crippen molar-refractivity contribution in [2.75, 3.05) is 5.32 Å². The molecule has 0 saturated carbocycles. The lowest BCUT2D eigenvalue weighted by Gasteiger charge is -2.13. The molecule has 3 aromatic rings. The Kier molecular flexibility index (Phi) is 3.99. The number of hydrogen-bond donors (Lipinski definition) is 1. The zero-order valence-corrected chi connectivity index (χ0v) is 16.5. The van der Waals surface area contributed by atoms with E-state index in [0.717, 1.165) is 33.1 Å². The molecule has 1 atom stereocenters. The molecule has 1 aliphatic heterocycles. The molecule has 5 heteroatoms. The van der Waals surface area contributed by atoms with Crippen LogP contribution >= 0.6 is 15.9 Å². The molecular formula is C21H19BrN2O2. The Hall–Kier alpha value is -2.40. The number of nitrogens with one attached hydrogen (secondary N) is 1. The first-order valence-electron chi connectivity index (χ1n) is 8.60. The van der Waals surface area contributed by atoms with Gasteiger partial charge in [-0.25, -0.2) is 0 Å². The zero-order valence-electron chi connectivity index (χ0n) is 14.9. The molecule has 132 valence electrons. The van der Waals surface area contributed by atoms with Gasteiger partial charge in [0.25, 0.3) is 5.91 Å². The Morgan fingerprint density at radius 3 is 2.54 bits per heavy atom. The van der Waals surface area contributed by atoms with Gasteiger partial charge < -0.3 is 9.88 Å². The number of amides is 1. The minimum absolute atomic E-state index is 0.175. The molecule has 1 unspecified atom stereocenters. The summed E-state index contributed by atoms with van der Waals surface area (Å²) in [6, 6.07) is 9.93. The van der Waals surface area contributed by atoms with E-state index in [1.807, 2.05) is 38.1 Å². The van der Waals surface area contributed by atoms with Crippen molar-refractivity contribution >= 4 is 38.4 Å². The molecule has 0 saturated heterocycles. The highest BCUT2D eigenvalue weighted by Gasteiger charge is 2.25. The summed E-state index contributed by atoms with van der Waals surface area (Å²) >= 11 is 3.48. The van der Waals surface area contributed by atoms with E-state index in [1.54, 1.807) is 6.20 Å². The van der Waals surface area contributed by atoms with Crippen LogP contribution in [0.5, 0.6) is 0 Å². The number of hydrogen-bond acceptors (Lipinski definition) is 2. The molecule has 1 amide bonds. The molecule has 2 aromatic carbocycles. The molecule has 26 heavy (non-hydrogen) atoms. The van der Waals surface area contributed by atoms with Crippen molar-refractivity contribution in [3.8, 4) is 0 Å². The fourth-order valence-corrected chi connectivity index (χ4v) is 4.37. The van der Waals surface area contributed by atoms with E-state index in [2.05, 4.69) is 38.8 Å². The third-order valence-electron chi connectivity index (χ3n) is 4.88. The van der Waals surface area contributed by atoms with Crippen LogP contribution in [0.2, 0.25) is 0 Å². The third kappa shape index (κ3) is 2.76. The van der Waals surface area contributed by atoms with E-state index in [9.17, 15) is 9.59 Å². The number of aromatic nitrogens is 1. The second kappa shape index (κ2) is 6.09. The highest BCUT2D eigenvalue weighted by atomic mass is 79.9. The van der Waals surface area contributed by atoms with Crippen LogP contribution < -0.4 is 10.7 Å². The van der Waals surface area contributed by atoms with E-state index in [-0.39, 0.29) is 22.9 Å². The Bertz CT molecular complexity index is 1110. The number of benzene rings is 2. The monoisotopic (exact) mass is 410 g/mol. The lowest BCUT2D eigenvalue weighted by molar-refractivity contribution is 0.102. The first-order chi connectivity index (χ1) is 12.3. The van der Waals surface area contributed by atoms with Crippen LogP contribution in [0.15, 0.2) is 45.8 Å². The molecule has 0 spiro atoms. The molecule has 1 aromatic heterocycles.